The molecule has 0 aromatic heterocycles. The Balaban J connectivity index is 3.26. The van der Waals surface area contributed by atoms with Crippen molar-refractivity contribution in [2.45, 2.75) is 19.8 Å². The highest BCUT2D eigenvalue weighted by molar-refractivity contribution is 6.35. The first-order valence-electron chi connectivity index (χ1n) is 2.71. The van der Waals surface area contributed by atoms with E-state index in [-0.39, 0.29) is 0 Å². The summed E-state index contributed by atoms with van der Waals surface area (Å²) in [7, 11) is 0. The van der Waals surface area contributed by atoms with Gasteiger partial charge in [-0.15, -0.1) is 11.6 Å². The van der Waals surface area contributed by atoms with E-state index in [1.807, 2.05) is 6.08 Å². The number of unbranched alkanes of at least 4 members (excludes halogenated alkanes) is 1. The Bertz CT molecular complexity index is 76.6. The summed E-state index contributed by atoms with van der Waals surface area (Å²) in [6.07, 6.45) is 4.12. The van der Waals surface area contributed by atoms with E-state index >= 15 is 0 Å². The molecule has 0 bridgehead atoms. The second kappa shape index (κ2) is 5.46. The lowest BCUT2D eigenvalue weighted by Gasteiger charge is -1.87. The molecule has 0 aromatic rings. The number of alkyl halides is 1. The Morgan fingerprint density at radius 1 is 1.62 bits per heavy atom. The van der Waals surface area contributed by atoms with Gasteiger partial charge in [0, 0.05) is 5.03 Å². The molecule has 0 aliphatic rings. The fourth-order valence-electron chi connectivity index (χ4n) is 0.356. The first-order valence-corrected chi connectivity index (χ1v) is 3.63. The standard InChI is InChI=1S/C6H10Cl2/c1-2-3-4-6(8)5-7/h4H,2-3,5H2,1H3/b6-4-. The largest absolute Gasteiger partial charge is 0.121 e. The van der Waals surface area contributed by atoms with Crippen molar-refractivity contribution in [2.75, 3.05) is 5.88 Å². The fraction of sp³-hybridized carbons (Fsp3) is 0.667. The molecule has 8 heavy (non-hydrogen) atoms. The highest BCUT2D eigenvalue weighted by atomic mass is 35.5. The van der Waals surface area contributed by atoms with Crippen LogP contribution in [0.3, 0.4) is 0 Å². The van der Waals surface area contributed by atoms with Gasteiger partial charge in [0.2, 0.25) is 0 Å². The van der Waals surface area contributed by atoms with Crippen LogP contribution in [0.25, 0.3) is 0 Å². The summed E-state index contributed by atoms with van der Waals surface area (Å²) in [4.78, 5) is 0. The Labute approximate surface area is 60.5 Å². The second-order valence-corrected chi connectivity index (χ2v) is 2.33. The Morgan fingerprint density at radius 2 is 2.25 bits per heavy atom. The molecule has 0 radical (unpaired) electrons. The van der Waals surface area contributed by atoms with E-state index in [9.17, 15) is 0 Å². The van der Waals surface area contributed by atoms with Crippen LogP contribution in [0.5, 0.6) is 0 Å². The van der Waals surface area contributed by atoms with E-state index in [0.29, 0.717) is 5.88 Å². The molecular weight excluding hydrogens is 143 g/mol. The molecule has 0 aliphatic heterocycles. The van der Waals surface area contributed by atoms with Gasteiger partial charge in [-0.3, -0.25) is 0 Å². The predicted octanol–water partition coefficient (Wildman–Crippen LogP) is 3.15. The molecule has 0 unspecified atom stereocenters. The van der Waals surface area contributed by atoms with Gasteiger partial charge in [-0.1, -0.05) is 31.0 Å². The molecular formula is C6H10Cl2. The van der Waals surface area contributed by atoms with Crippen molar-refractivity contribution in [1.29, 1.82) is 0 Å². The molecule has 0 amide bonds. The molecule has 0 nitrogen and oxygen atoms in total. The highest BCUT2D eigenvalue weighted by Crippen LogP contribution is 2.05. The molecule has 0 aromatic carbocycles. The zero-order valence-electron chi connectivity index (χ0n) is 4.95. The summed E-state index contributed by atoms with van der Waals surface area (Å²) in [6, 6.07) is 0. The van der Waals surface area contributed by atoms with Crippen LogP contribution in [0.2, 0.25) is 0 Å². The minimum absolute atomic E-state index is 0.446. The minimum Gasteiger partial charge on any atom is -0.121 e. The molecule has 2 heteroatoms. The maximum atomic E-state index is 5.57. The van der Waals surface area contributed by atoms with Crippen molar-refractivity contribution in [3.05, 3.63) is 11.1 Å². The van der Waals surface area contributed by atoms with E-state index in [2.05, 4.69) is 6.92 Å². The lowest BCUT2D eigenvalue weighted by atomic mass is 10.3. The monoisotopic (exact) mass is 152 g/mol. The summed E-state index contributed by atoms with van der Waals surface area (Å²) < 4.78 is 0. The summed E-state index contributed by atoms with van der Waals surface area (Å²) in [6.45, 7) is 2.11. The topological polar surface area (TPSA) is 0 Å². The third-order valence-corrected chi connectivity index (χ3v) is 1.49. The summed E-state index contributed by atoms with van der Waals surface area (Å²) in [5, 5.41) is 0.758. The number of hydrogen-bond acceptors (Lipinski definition) is 0. The number of allylic oxidation sites excluding steroid dienone is 2. The molecule has 0 saturated heterocycles. The van der Waals surface area contributed by atoms with Crippen LogP contribution >= 0.6 is 23.2 Å². The van der Waals surface area contributed by atoms with Gasteiger partial charge in [-0.25, -0.2) is 0 Å². The third kappa shape index (κ3) is 4.48. The van der Waals surface area contributed by atoms with Gasteiger partial charge in [0.15, 0.2) is 0 Å². The van der Waals surface area contributed by atoms with E-state index in [1.54, 1.807) is 0 Å². The summed E-state index contributed by atoms with van der Waals surface area (Å²) in [5.41, 5.74) is 0. The molecule has 0 rings (SSSR count). The van der Waals surface area contributed by atoms with Gasteiger partial charge in [0.25, 0.3) is 0 Å². The quantitative estimate of drug-likeness (QED) is 0.546. The molecule has 0 fully saturated rings. The van der Waals surface area contributed by atoms with Crippen LogP contribution in [-0.2, 0) is 0 Å². The molecule has 0 atom stereocenters. The Morgan fingerprint density at radius 3 is 2.62 bits per heavy atom. The third-order valence-electron chi connectivity index (χ3n) is 0.782. The number of halogens is 2. The minimum atomic E-state index is 0.446. The predicted molar refractivity (Wildman–Crippen MR) is 39.6 cm³/mol. The van der Waals surface area contributed by atoms with Crippen molar-refractivity contribution in [3.8, 4) is 0 Å². The van der Waals surface area contributed by atoms with Gasteiger partial charge < -0.3 is 0 Å². The zero-order valence-corrected chi connectivity index (χ0v) is 6.47. The molecule has 0 N–H and O–H groups in total. The van der Waals surface area contributed by atoms with Crippen molar-refractivity contribution in [1.82, 2.24) is 0 Å². The van der Waals surface area contributed by atoms with Crippen molar-refractivity contribution in [2.24, 2.45) is 0 Å². The maximum Gasteiger partial charge on any atom is 0.0578 e. The lowest BCUT2D eigenvalue weighted by Crippen LogP contribution is -1.71. The number of hydrogen-bond donors (Lipinski definition) is 0. The average Bonchev–Trinajstić information content (AvgIpc) is 1.83. The Hall–Kier alpha value is 0.320. The molecule has 0 heterocycles. The van der Waals surface area contributed by atoms with Crippen molar-refractivity contribution >= 4 is 23.2 Å². The smallest absolute Gasteiger partial charge is 0.0578 e. The van der Waals surface area contributed by atoms with Gasteiger partial charge in [0.05, 0.1) is 5.88 Å². The van der Waals surface area contributed by atoms with Crippen LogP contribution in [0.15, 0.2) is 11.1 Å². The fourth-order valence-corrected chi connectivity index (χ4v) is 0.574. The van der Waals surface area contributed by atoms with Crippen LogP contribution in [0.1, 0.15) is 19.8 Å². The molecule has 0 saturated carbocycles. The van der Waals surface area contributed by atoms with Gasteiger partial charge in [0.1, 0.15) is 0 Å². The Kier molecular flexibility index (Phi) is 5.67. The lowest BCUT2D eigenvalue weighted by molar-refractivity contribution is 0.955. The van der Waals surface area contributed by atoms with E-state index in [0.717, 1.165) is 17.9 Å². The summed E-state index contributed by atoms with van der Waals surface area (Å²) in [5.74, 6) is 0.446. The highest BCUT2D eigenvalue weighted by Gasteiger charge is 1.84. The summed E-state index contributed by atoms with van der Waals surface area (Å²) >= 11 is 11.0. The van der Waals surface area contributed by atoms with Crippen molar-refractivity contribution in [3.63, 3.8) is 0 Å². The van der Waals surface area contributed by atoms with Crippen LogP contribution in [0.4, 0.5) is 0 Å². The van der Waals surface area contributed by atoms with Gasteiger partial charge >= 0.3 is 0 Å². The van der Waals surface area contributed by atoms with Gasteiger partial charge in [-0.2, -0.15) is 0 Å². The first-order chi connectivity index (χ1) is 3.81. The number of rotatable bonds is 3. The van der Waals surface area contributed by atoms with E-state index in [1.165, 1.54) is 0 Å². The van der Waals surface area contributed by atoms with E-state index < -0.39 is 0 Å². The zero-order chi connectivity index (χ0) is 6.41. The first kappa shape index (κ1) is 8.32. The molecule has 0 aliphatic carbocycles. The van der Waals surface area contributed by atoms with Crippen LogP contribution in [0, 0.1) is 0 Å². The normalized spacial score (nSPS) is 12.1. The van der Waals surface area contributed by atoms with Gasteiger partial charge in [-0.05, 0) is 6.42 Å². The average molecular weight is 153 g/mol. The van der Waals surface area contributed by atoms with Crippen LogP contribution < -0.4 is 0 Å². The van der Waals surface area contributed by atoms with Crippen LogP contribution in [-0.4, -0.2) is 5.88 Å². The second-order valence-electron chi connectivity index (χ2n) is 1.57. The SMILES string of the molecule is CCC/C=C(\Cl)CCl. The maximum absolute atomic E-state index is 5.57. The van der Waals surface area contributed by atoms with Crippen molar-refractivity contribution < 1.29 is 0 Å². The molecule has 0 spiro atoms. The van der Waals surface area contributed by atoms with E-state index in [4.69, 9.17) is 23.2 Å². The molecule has 48 valence electrons.